The number of allylic oxidation sites excluding steroid dienone is 1. The molecule has 1 fully saturated rings. The molecule has 0 aromatic heterocycles. The van der Waals surface area contributed by atoms with Crippen LogP contribution in [0.5, 0.6) is 0 Å². The maximum atomic E-state index is 3.41. The zero-order valence-electron chi connectivity index (χ0n) is 10.9. The lowest BCUT2D eigenvalue weighted by Gasteiger charge is -2.25. The first-order valence-electron chi connectivity index (χ1n) is 6.76. The van der Waals surface area contributed by atoms with Crippen molar-refractivity contribution in [2.45, 2.75) is 11.3 Å². The molecule has 2 aliphatic rings. The van der Waals surface area contributed by atoms with Crippen LogP contribution < -0.4 is 10.0 Å². The molecule has 100 valence electrons. The molecule has 0 saturated carbocycles. The summed E-state index contributed by atoms with van der Waals surface area (Å²) in [7, 11) is 0. The lowest BCUT2D eigenvalue weighted by Crippen LogP contribution is -2.40. The first-order valence-corrected chi connectivity index (χ1v) is 7.57. The van der Waals surface area contributed by atoms with Gasteiger partial charge in [-0.2, -0.15) is 0 Å². The molecule has 1 aromatic rings. The molecule has 1 saturated heterocycles. The summed E-state index contributed by atoms with van der Waals surface area (Å²) >= 11 is 1.71. The summed E-state index contributed by atoms with van der Waals surface area (Å²) < 4.78 is 3.41. The number of rotatable bonds is 3. The van der Waals surface area contributed by atoms with E-state index >= 15 is 0 Å². The molecule has 2 heterocycles. The van der Waals surface area contributed by atoms with E-state index in [0.29, 0.717) is 0 Å². The third-order valence-corrected chi connectivity index (χ3v) is 4.30. The van der Waals surface area contributed by atoms with E-state index in [0.717, 1.165) is 32.6 Å². The van der Waals surface area contributed by atoms with Crippen LogP contribution in [-0.2, 0) is 0 Å². The van der Waals surface area contributed by atoms with Gasteiger partial charge in [-0.05, 0) is 35.9 Å². The van der Waals surface area contributed by atoms with Crippen LogP contribution in [0.1, 0.15) is 12.0 Å². The lowest BCUT2D eigenvalue weighted by molar-refractivity contribution is 0.323. The molecule has 0 aliphatic carbocycles. The minimum absolute atomic E-state index is 0.964. The number of nitrogens with zero attached hydrogens (tertiary/aromatic N) is 1. The summed E-state index contributed by atoms with van der Waals surface area (Å²) in [5.74, 6) is 0. The van der Waals surface area contributed by atoms with Gasteiger partial charge < -0.3 is 14.9 Å². The largest absolute Gasteiger partial charge is 0.375 e. The van der Waals surface area contributed by atoms with Crippen molar-refractivity contribution in [2.24, 2.45) is 0 Å². The monoisotopic (exact) mass is 273 g/mol. The smallest absolute Gasteiger partial charge is 0.0357 e. The molecule has 0 unspecified atom stereocenters. The highest BCUT2D eigenvalue weighted by Crippen LogP contribution is 2.28. The molecule has 0 radical (unpaired) electrons. The SMILES string of the molecule is C(=CN1CCNCC1)CC1=Cc2ccccc2SN1. The zero-order chi connectivity index (χ0) is 12.9. The molecule has 3 rings (SSSR count). The van der Waals surface area contributed by atoms with E-state index in [9.17, 15) is 0 Å². The Bertz CT molecular complexity index is 490. The molecule has 0 amide bonds. The number of nitrogens with one attached hydrogen (secondary N) is 2. The first-order chi connectivity index (χ1) is 9.42. The second-order valence-corrected chi connectivity index (χ2v) is 5.63. The number of fused-ring (bicyclic) bond motifs is 1. The van der Waals surface area contributed by atoms with Crippen LogP contribution in [0.2, 0.25) is 0 Å². The topological polar surface area (TPSA) is 27.3 Å². The fourth-order valence-corrected chi connectivity index (χ4v) is 3.07. The van der Waals surface area contributed by atoms with E-state index in [-0.39, 0.29) is 0 Å². The van der Waals surface area contributed by atoms with Crippen molar-refractivity contribution in [1.29, 1.82) is 0 Å². The van der Waals surface area contributed by atoms with Crippen LogP contribution in [0, 0.1) is 0 Å². The van der Waals surface area contributed by atoms with Crippen LogP contribution in [0.3, 0.4) is 0 Å². The van der Waals surface area contributed by atoms with Crippen LogP contribution in [0.25, 0.3) is 6.08 Å². The standard InChI is InChI=1S/C15H19N3S/c1-2-6-15-13(4-1)12-14(17-19-15)5-3-9-18-10-7-16-8-11-18/h1-4,6,9,12,16-17H,5,7-8,10-11H2. The van der Waals surface area contributed by atoms with Gasteiger partial charge in [0.1, 0.15) is 0 Å². The van der Waals surface area contributed by atoms with E-state index in [2.05, 4.69) is 57.6 Å². The predicted molar refractivity (Wildman–Crippen MR) is 81.6 cm³/mol. The molecular formula is C15H19N3S. The lowest BCUT2D eigenvalue weighted by atomic mass is 10.1. The van der Waals surface area contributed by atoms with Crippen molar-refractivity contribution in [3.05, 3.63) is 47.8 Å². The molecule has 0 bridgehead atoms. The van der Waals surface area contributed by atoms with Crippen LogP contribution in [0.15, 0.2) is 47.1 Å². The third kappa shape index (κ3) is 3.33. The Balaban J connectivity index is 1.59. The van der Waals surface area contributed by atoms with Crippen molar-refractivity contribution in [3.63, 3.8) is 0 Å². The normalized spacial score (nSPS) is 18.9. The molecule has 2 aliphatic heterocycles. The van der Waals surface area contributed by atoms with E-state index < -0.39 is 0 Å². The summed E-state index contributed by atoms with van der Waals surface area (Å²) in [6, 6.07) is 8.49. The van der Waals surface area contributed by atoms with Gasteiger partial charge in [0.15, 0.2) is 0 Å². The Morgan fingerprint density at radius 1 is 1.21 bits per heavy atom. The summed E-state index contributed by atoms with van der Waals surface area (Å²) in [5, 5.41) is 3.36. The van der Waals surface area contributed by atoms with Crippen molar-refractivity contribution < 1.29 is 0 Å². The Labute approximate surface area is 118 Å². The summed E-state index contributed by atoms with van der Waals surface area (Å²) in [5.41, 5.74) is 2.59. The van der Waals surface area contributed by atoms with Crippen molar-refractivity contribution in [1.82, 2.24) is 14.9 Å². The molecule has 0 spiro atoms. The fraction of sp³-hybridized carbons (Fsp3) is 0.333. The van der Waals surface area contributed by atoms with E-state index in [1.165, 1.54) is 16.2 Å². The molecule has 4 heteroatoms. The summed E-state index contributed by atoms with van der Waals surface area (Å²) in [4.78, 5) is 3.68. The second kappa shape index (κ2) is 6.17. The second-order valence-electron chi connectivity index (χ2n) is 4.79. The van der Waals surface area contributed by atoms with Gasteiger partial charge >= 0.3 is 0 Å². The summed E-state index contributed by atoms with van der Waals surface area (Å²) in [6.07, 6.45) is 7.69. The number of hydrogen-bond acceptors (Lipinski definition) is 4. The van der Waals surface area contributed by atoms with Gasteiger partial charge in [-0.1, -0.05) is 24.3 Å². The minimum atomic E-state index is 0.964. The van der Waals surface area contributed by atoms with Gasteiger partial charge in [-0.25, -0.2) is 0 Å². The maximum absolute atomic E-state index is 3.41. The van der Waals surface area contributed by atoms with Gasteiger partial charge in [0.2, 0.25) is 0 Å². The average Bonchev–Trinajstić information content (AvgIpc) is 2.48. The molecule has 1 aromatic carbocycles. The summed E-state index contributed by atoms with van der Waals surface area (Å²) in [6.45, 7) is 4.41. The Morgan fingerprint density at radius 3 is 2.95 bits per heavy atom. The van der Waals surface area contributed by atoms with Crippen molar-refractivity contribution in [3.8, 4) is 0 Å². The van der Waals surface area contributed by atoms with Crippen molar-refractivity contribution >= 4 is 18.0 Å². The third-order valence-electron chi connectivity index (χ3n) is 3.35. The highest BCUT2D eigenvalue weighted by Gasteiger charge is 2.09. The van der Waals surface area contributed by atoms with Crippen LogP contribution >= 0.6 is 11.9 Å². The first kappa shape index (κ1) is 12.6. The zero-order valence-corrected chi connectivity index (χ0v) is 11.7. The van der Waals surface area contributed by atoms with Gasteiger partial charge in [-0.3, -0.25) is 0 Å². The number of benzene rings is 1. The molecular weight excluding hydrogens is 254 g/mol. The van der Waals surface area contributed by atoms with E-state index in [1.807, 2.05) is 0 Å². The minimum Gasteiger partial charge on any atom is -0.375 e. The van der Waals surface area contributed by atoms with Gasteiger partial charge in [-0.15, -0.1) is 0 Å². The Morgan fingerprint density at radius 2 is 2.05 bits per heavy atom. The van der Waals surface area contributed by atoms with Crippen LogP contribution in [-0.4, -0.2) is 31.1 Å². The molecule has 0 atom stereocenters. The fourth-order valence-electron chi connectivity index (χ4n) is 2.29. The highest BCUT2D eigenvalue weighted by atomic mass is 32.2. The maximum Gasteiger partial charge on any atom is 0.0357 e. The molecule has 2 N–H and O–H groups in total. The predicted octanol–water partition coefficient (Wildman–Crippen LogP) is 2.45. The van der Waals surface area contributed by atoms with Gasteiger partial charge in [0.25, 0.3) is 0 Å². The molecule has 19 heavy (non-hydrogen) atoms. The van der Waals surface area contributed by atoms with Crippen molar-refractivity contribution in [2.75, 3.05) is 26.2 Å². The molecule has 3 nitrogen and oxygen atoms in total. The highest BCUT2D eigenvalue weighted by molar-refractivity contribution is 7.97. The van der Waals surface area contributed by atoms with Gasteiger partial charge in [0, 0.05) is 43.2 Å². The van der Waals surface area contributed by atoms with E-state index in [4.69, 9.17) is 0 Å². The Hall–Kier alpha value is -1.39. The average molecular weight is 273 g/mol. The quantitative estimate of drug-likeness (QED) is 0.827. The Kier molecular flexibility index (Phi) is 4.10. The number of piperazine rings is 1. The van der Waals surface area contributed by atoms with Gasteiger partial charge in [0.05, 0.1) is 0 Å². The number of hydrogen-bond donors (Lipinski definition) is 2. The van der Waals surface area contributed by atoms with Crippen LogP contribution in [0.4, 0.5) is 0 Å². The van der Waals surface area contributed by atoms with E-state index in [1.54, 1.807) is 11.9 Å².